The molecule has 1 aromatic rings. The van der Waals surface area contributed by atoms with E-state index in [1.165, 1.54) is 6.42 Å². The topological polar surface area (TPSA) is 56.0 Å². The van der Waals surface area contributed by atoms with Gasteiger partial charge < -0.3 is 10.4 Å². The van der Waals surface area contributed by atoms with Crippen molar-refractivity contribution >= 4 is 0 Å². The molecule has 3 heteroatoms. The average Bonchev–Trinajstić information content (AvgIpc) is 2.75. The van der Waals surface area contributed by atoms with Gasteiger partial charge >= 0.3 is 0 Å². The zero-order chi connectivity index (χ0) is 10.8. The van der Waals surface area contributed by atoms with E-state index < -0.39 is 0 Å². The first-order valence-electron chi connectivity index (χ1n) is 5.19. The molecule has 1 unspecified atom stereocenters. The Bertz CT molecular complexity index is 414. The molecule has 1 fully saturated rings. The predicted molar refractivity (Wildman–Crippen MR) is 57.5 cm³/mol. The van der Waals surface area contributed by atoms with E-state index in [0.717, 1.165) is 24.1 Å². The van der Waals surface area contributed by atoms with Gasteiger partial charge in [-0.2, -0.15) is 5.26 Å². The second kappa shape index (κ2) is 3.92. The van der Waals surface area contributed by atoms with Crippen molar-refractivity contribution in [2.45, 2.75) is 25.8 Å². The van der Waals surface area contributed by atoms with Gasteiger partial charge in [-0.15, -0.1) is 0 Å². The highest BCUT2D eigenvalue weighted by molar-refractivity contribution is 5.50. The number of hydrogen-bond donors (Lipinski definition) is 2. The number of nitriles is 1. The Balaban J connectivity index is 2.41. The van der Waals surface area contributed by atoms with E-state index in [2.05, 4.69) is 5.32 Å². The molecule has 2 rings (SSSR count). The van der Waals surface area contributed by atoms with Crippen LogP contribution in [0.5, 0.6) is 5.75 Å². The number of phenols is 1. The molecule has 1 saturated heterocycles. The SMILES string of the molecule is Cc1cc(C2CCCN2)cc(C#N)c1O. The molecule has 1 aromatic carbocycles. The molecular weight excluding hydrogens is 188 g/mol. The summed E-state index contributed by atoms with van der Waals surface area (Å²) in [6.45, 7) is 2.86. The molecule has 0 saturated carbocycles. The van der Waals surface area contributed by atoms with Crippen LogP contribution in [-0.2, 0) is 0 Å². The number of rotatable bonds is 1. The van der Waals surface area contributed by atoms with E-state index in [0.29, 0.717) is 11.6 Å². The van der Waals surface area contributed by atoms with Gasteiger partial charge in [0.25, 0.3) is 0 Å². The Morgan fingerprint density at radius 2 is 2.33 bits per heavy atom. The van der Waals surface area contributed by atoms with E-state index in [1.807, 2.05) is 19.1 Å². The molecule has 15 heavy (non-hydrogen) atoms. The molecular formula is C12H14N2O. The fourth-order valence-electron chi connectivity index (χ4n) is 2.06. The minimum atomic E-state index is 0.110. The van der Waals surface area contributed by atoms with Crippen molar-refractivity contribution in [2.24, 2.45) is 0 Å². The van der Waals surface area contributed by atoms with Crippen molar-refractivity contribution in [1.29, 1.82) is 5.26 Å². The van der Waals surface area contributed by atoms with Gasteiger partial charge in [0.1, 0.15) is 11.8 Å². The highest BCUT2D eigenvalue weighted by Gasteiger charge is 2.18. The molecule has 1 atom stereocenters. The third-order valence-corrected chi connectivity index (χ3v) is 2.91. The van der Waals surface area contributed by atoms with Gasteiger partial charge in [-0.1, -0.05) is 6.07 Å². The van der Waals surface area contributed by atoms with Crippen LogP contribution in [0.2, 0.25) is 0 Å². The molecule has 2 N–H and O–H groups in total. The number of benzene rings is 1. The lowest BCUT2D eigenvalue weighted by Gasteiger charge is -2.12. The smallest absolute Gasteiger partial charge is 0.136 e. The molecule has 78 valence electrons. The minimum absolute atomic E-state index is 0.110. The second-order valence-electron chi connectivity index (χ2n) is 3.99. The van der Waals surface area contributed by atoms with Crippen LogP contribution in [0.25, 0.3) is 0 Å². The Morgan fingerprint density at radius 1 is 1.53 bits per heavy atom. The number of nitrogens with one attached hydrogen (secondary N) is 1. The summed E-state index contributed by atoms with van der Waals surface area (Å²) in [6, 6.07) is 6.11. The average molecular weight is 202 g/mol. The number of phenolic OH excluding ortho intramolecular Hbond substituents is 1. The van der Waals surface area contributed by atoms with Gasteiger partial charge in [0.2, 0.25) is 0 Å². The Kier molecular flexibility index (Phi) is 2.61. The van der Waals surface area contributed by atoms with Gasteiger partial charge in [0.05, 0.1) is 5.56 Å². The van der Waals surface area contributed by atoms with Gasteiger partial charge in [0.15, 0.2) is 0 Å². The van der Waals surface area contributed by atoms with Gasteiger partial charge in [0, 0.05) is 6.04 Å². The fraction of sp³-hybridized carbons (Fsp3) is 0.417. The quantitative estimate of drug-likeness (QED) is 0.732. The van der Waals surface area contributed by atoms with Crippen molar-refractivity contribution in [2.75, 3.05) is 6.54 Å². The largest absolute Gasteiger partial charge is 0.506 e. The predicted octanol–water partition coefficient (Wildman–Crippen LogP) is 2.00. The van der Waals surface area contributed by atoms with Gasteiger partial charge in [-0.3, -0.25) is 0 Å². The van der Waals surface area contributed by atoms with E-state index >= 15 is 0 Å². The van der Waals surface area contributed by atoms with Crippen LogP contribution < -0.4 is 5.32 Å². The van der Waals surface area contributed by atoms with Crippen LogP contribution in [0, 0.1) is 18.3 Å². The molecule has 0 amide bonds. The van der Waals surface area contributed by atoms with Crippen molar-refractivity contribution in [1.82, 2.24) is 5.32 Å². The summed E-state index contributed by atoms with van der Waals surface area (Å²) in [4.78, 5) is 0. The van der Waals surface area contributed by atoms with Crippen molar-refractivity contribution < 1.29 is 5.11 Å². The molecule has 1 aliphatic rings. The maximum absolute atomic E-state index is 9.62. The van der Waals surface area contributed by atoms with Crippen molar-refractivity contribution in [3.8, 4) is 11.8 Å². The molecule has 1 heterocycles. The van der Waals surface area contributed by atoms with E-state index in [4.69, 9.17) is 5.26 Å². The first-order chi connectivity index (χ1) is 7.22. The first kappa shape index (κ1) is 10.0. The van der Waals surface area contributed by atoms with Crippen molar-refractivity contribution in [3.63, 3.8) is 0 Å². The van der Waals surface area contributed by atoms with E-state index in [9.17, 15) is 5.11 Å². The lowest BCUT2D eigenvalue weighted by Crippen LogP contribution is -2.13. The first-order valence-corrected chi connectivity index (χ1v) is 5.19. The lowest BCUT2D eigenvalue weighted by atomic mass is 9.99. The second-order valence-corrected chi connectivity index (χ2v) is 3.99. The van der Waals surface area contributed by atoms with Crippen LogP contribution >= 0.6 is 0 Å². The van der Waals surface area contributed by atoms with Crippen molar-refractivity contribution in [3.05, 3.63) is 28.8 Å². The molecule has 0 spiro atoms. The molecule has 0 radical (unpaired) electrons. The summed E-state index contributed by atoms with van der Waals surface area (Å²) in [7, 11) is 0. The van der Waals surface area contributed by atoms with Crippen LogP contribution in [0.1, 0.15) is 35.6 Å². The lowest BCUT2D eigenvalue weighted by molar-refractivity contribution is 0.468. The third kappa shape index (κ3) is 1.81. The van der Waals surface area contributed by atoms with Gasteiger partial charge in [-0.05, 0) is 43.5 Å². The Morgan fingerprint density at radius 3 is 2.93 bits per heavy atom. The van der Waals surface area contributed by atoms with Crippen LogP contribution in [0.15, 0.2) is 12.1 Å². The summed E-state index contributed by atoms with van der Waals surface area (Å²) < 4.78 is 0. The molecule has 0 aromatic heterocycles. The minimum Gasteiger partial charge on any atom is -0.506 e. The zero-order valence-corrected chi connectivity index (χ0v) is 8.75. The maximum atomic E-state index is 9.62. The van der Waals surface area contributed by atoms with E-state index in [1.54, 1.807) is 6.07 Å². The fourth-order valence-corrected chi connectivity index (χ4v) is 2.06. The Labute approximate surface area is 89.4 Å². The normalized spacial score (nSPS) is 20.1. The highest BCUT2D eigenvalue weighted by atomic mass is 16.3. The van der Waals surface area contributed by atoms with E-state index in [-0.39, 0.29) is 5.75 Å². The van der Waals surface area contributed by atoms with Crippen LogP contribution in [0.3, 0.4) is 0 Å². The summed E-state index contributed by atoms with van der Waals surface area (Å²) in [5.74, 6) is 0.110. The number of aromatic hydroxyl groups is 1. The summed E-state index contributed by atoms with van der Waals surface area (Å²) in [5, 5.41) is 21.9. The monoisotopic (exact) mass is 202 g/mol. The molecule has 0 bridgehead atoms. The molecule has 1 aliphatic heterocycles. The Hall–Kier alpha value is -1.53. The van der Waals surface area contributed by atoms with Crippen LogP contribution in [0.4, 0.5) is 0 Å². The number of nitrogens with zero attached hydrogens (tertiary/aromatic N) is 1. The summed E-state index contributed by atoms with van der Waals surface area (Å²) in [6.07, 6.45) is 2.28. The standard InChI is InChI=1S/C12H14N2O/c1-8-5-9(11-3-2-4-14-11)6-10(7-13)12(8)15/h5-6,11,14-15H,2-4H2,1H3. The van der Waals surface area contributed by atoms with Gasteiger partial charge in [-0.25, -0.2) is 0 Å². The maximum Gasteiger partial charge on any atom is 0.136 e. The third-order valence-electron chi connectivity index (χ3n) is 2.91. The van der Waals surface area contributed by atoms with Crippen LogP contribution in [-0.4, -0.2) is 11.7 Å². The highest BCUT2D eigenvalue weighted by Crippen LogP contribution is 2.29. The summed E-state index contributed by atoms with van der Waals surface area (Å²) in [5.41, 5.74) is 2.26. The molecule has 0 aliphatic carbocycles. The number of aryl methyl sites for hydroxylation is 1. The molecule has 3 nitrogen and oxygen atoms in total. The summed E-state index contributed by atoms with van der Waals surface area (Å²) >= 11 is 0. The number of hydrogen-bond acceptors (Lipinski definition) is 3. The zero-order valence-electron chi connectivity index (χ0n) is 8.75.